The molecule has 1 aromatic rings. The summed E-state index contributed by atoms with van der Waals surface area (Å²) in [6, 6.07) is 0.514. The van der Waals surface area contributed by atoms with Crippen molar-refractivity contribution in [2.45, 2.75) is 25.9 Å². The van der Waals surface area contributed by atoms with Gasteiger partial charge in [0.2, 0.25) is 0 Å². The first-order valence-corrected chi connectivity index (χ1v) is 7.24. The molecule has 3 rings (SSSR count). The van der Waals surface area contributed by atoms with Crippen molar-refractivity contribution in [1.82, 2.24) is 15.1 Å². The van der Waals surface area contributed by atoms with E-state index in [4.69, 9.17) is 0 Å². The van der Waals surface area contributed by atoms with Crippen molar-refractivity contribution >= 4 is 21.6 Å². The molecular weight excluding hydrogens is 296 g/mol. The Morgan fingerprint density at radius 2 is 2.39 bits per heavy atom. The van der Waals surface area contributed by atoms with E-state index in [9.17, 15) is 4.79 Å². The zero-order chi connectivity index (χ0) is 12.7. The third-order valence-corrected chi connectivity index (χ3v) is 4.77. The summed E-state index contributed by atoms with van der Waals surface area (Å²) in [5, 5.41) is 7.65. The van der Waals surface area contributed by atoms with Gasteiger partial charge in [0.05, 0.1) is 11.9 Å². The molecule has 0 unspecified atom stereocenters. The molecular formula is C12H17BrN4O. The molecule has 2 aliphatic rings. The van der Waals surface area contributed by atoms with Gasteiger partial charge < -0.3 is 10.2 Å². The second-order valence-electron chi connectivity index (χ2n) is 4.93. The van der Waals surface area contributed by atoms with E-state index >= 15 is 0 Å². The summed E-state index contributed by atoms with van der Waals surface area (Å²) in [4.78, 5) is 14.4. The molecule has 1 aromatic heterocycles. The van der Waals surface area contributed by atoms with Crippen LogP contribution in [-0.2, 0) is 6.54 Å². The van der Waals surface area contributed by atoms with Gasteiger partial charge in [0.25, 0.3) is 5.56 Å². The molecule has 6 heteroatoms. The first-order chi connectivity index (χ1) is 8.72. The van der Waals surface area contributed by atoms with Crippen molar-refractivity contribution < 1.29 is 0 Å². The zero-order valence-electron chi connectivity index (χ0n) is 10.4. The molecule has 3 heterocycles. The predicted octanol–water partition coefficient (Wildman–Crippen LogP) is 0.824. The minimum absolute atomic E-state index is 0.0376. The maximum Gasteiger partial charge on any atom is 0.283 e. The van der Waals surface area contributed by atoms with Crippen LogP contribution in [0.1, 0.15) is 13.3 Å². The van der Waals surface area contributed by atoms with Gasteiger partial charge in [-0.1, -0.05) is 0 Å². The van der Waals surface area contributed by atoms with E-state index in [-0.39, 0.29) is 5.56 Å². The van der Waals surface area contributed by atoms with Gasteiger partial charge in [-0.25, -0.2) is 4.68 Å². The lowest BCUT2D eigenvalue weighted by atomic mass is 10.1. The molecule has 98 valence electrons. The van der Waals surface area contributed by atoms with Gasteiger partial charge >= 0.3 is 0 Å². The summed E-state index contributed by atoms with van der Waals surface area (Å²) in [5.41, 5.74) is 0.908. The highest BCUT2D eigenvalue weighted by Crippen LogP contribution is 2.34. The minimum atomic E-state index is -0.0376. The number of halogens is 1. The van der Waals surface area contributed by atoms with Crippen LogP contribution >= 0.6 is 15.9 Å². The normalized spacial score (nSPS) is 26.7. The Labute approximate surface area is 114 Å². The second kappa shape index (κ2) is 4.66. The number of nitrogens with one attached hydrogen (secondary N) is 1. The fourth-order valence-electron chi connectivity index (χ4n) is 3.03. The molecule has 0 saturated carbocycles. The number of fused-ring (bicyclic) bond motifs is 1. The van der Waals surface area contributed by atoms with Gasteiger partial charge in [-0.15, -0.1) is 0 Å². The van der Waals surface area contributed by atoms with E-state index < -0.39 is 0 Å². The van der Waals surface area contributed by atoms with Crippen LogP contribution < -0.4 is 15.8 Å². The molecule has 2 atom stereocenters. The van der Waals surface area contributed by atoms with E-state index in [0.29, 0.717) is 23.0 Å². The summed E-state index contributed by atoms with van der Waals surface area (Å²) in [6.07, 6.45) is 3.01. The van der Waals surface area contributed by atoms with Gasteiger partial charge in [0.15, 0.2) is 0 Å². The Morgan fingerprint density at radius 3 is 3.17 bits per heavy atom. The molecule has 18 heavy (non-hydrogen) atoms. The average Bonchev–Trinajstić information content (AvgIpc) is 2.95. The lowest BCUT2D eigenvalue weighted by Gasteiger charge is -2.26. The number of nitrogens with zero attached hydrogens (tertiary/aromatic N) is 3. The number of hydrogen-bond acceptors (Lipinski definition) is 4. The van der Waals surface area contributed by atoms with Gasteiger partial charge in [-0.05, 0) is 35.2 Å². The van der Waals surface area contributed by atoms with Crippen LogP contribution in [0, 0.1) is 5.92 Å². The average molecular weight is 313 g/mol. The second-order valence-corrected chi connectivity index (χ2v) is 5.73. The smallest absolute Gasteiger partial charge is 0.283 e. The number of hydrogen-bond donors (Lipinski definition) is 1. The Morgan fingerprint density at radius 1 is 1.56 bits per heavy atom. The first-order valence-electron chi connectivity index (χ1n) is 6.45. The van der Waals surface area contributed by atoms with Gasteiger partial charge in [0.1, 0.15) is 4.47 Å². The quantitative estimate of drug-likeness (QED) is 0.878. The zero-order valence-corrected chi connectivity index (χ0v) is 12.0. The molecule has 2 saturated heterocycles. The van der Waals surface area contributed by atoms with E-state index in [1.807, 2.05) is 13.1 Å². The van der Waals surface area contributed by atoms with Crippen molar-refractivity contribution in [2.75, 3.05) is 24.5 Å². The molecule has 2 aliphatic heterocycles. The summed E-state index contributed by atoms with van der Waals surface area (Å²) in [6.45, 7) is 5.65. The summed E-state index contributed by atoms with van der Waals surface area (Å²) in [7, 11) is 0. The highest BCUT2D eigenvalue weighted by Gasteiger charge is 2.38. The van der Waals surface area contributed by atoms with E-state index in [0.717, 1.165) is 25.3 Å². The highest BCUT2D eigenvalue weighted by molar-refractivity contribution is 9.10. The number of rotatable bonds is 2. The molecule has 5 nitrogen and oxygen atoms in total. The Balaban J connectivity index is 1.98. The minimum Gasteiger partial charge on any atom is -0.365 e. The molecule has 2 fully saturated rings. The summed E-state index contributed by atoms with van der Waals surface area (Å²) in [5.74, 6) is 0.713. The van der Waals surface area contributed by atoms with Crippen molar-refractivity contribution in [3.63, 3.8) is 0 Å². The van der Waals surface area contributed by atoms with Crippen LogP contribution in [0.25, 0.3) is 0 Å². The number of anilines is 1. The Kier molecular flexibility index (Phi) is 3.15. The third kappa shape index (κ3) is 1.78. The van der Waals surface area contributed by atoms with E-state index in [1.165, 1.54) is 11.1 Å². The van der Waals surface area contributed by atoms with E-state index in [2.05, 4.69) is 31.2 Å². The lowest BCUT2D eigenvalue weighted by molar-refractivity contribution is 0.575. The highest BCUT2D eigenvalue weighted by atomic mass is 79.9. The van der Waals surface area contributed by atoms with Crippen LogP contribution in [0.5, 0.6) is 0 Å². The molecule has 0 bridgehead atoms. The molecule has 0 spiro atoms. The monoisotopic (exact) mass is 312 g/mol. The first kappa shape index (κ1) is 12.2. The van der Waals surface area contributed by atoms with Gasteiger partial charge in [-0.2, -0.15) is 5.10 Å². The SMILES string of the molecule is CCn1ncc(N2CC[C@H]3CNC[C@H]32)c(Br)c1=O. The standard InChI is InChI=1S/C12H17BrN4O/c1-2-17-12(18)11(13)10(7-15-17)16-4-3-8-5-14-6-9(8)16/h7-9,14H,2-6H2,1H3/t8-,9+/m0/s1. The fraction of sp³-hybridized carbons (Fsp3) is 0.667. The predicted molar refractivity (Wildman–Crippen MR) is 74.0 cm³/mol. The fourth-order valence-corrected chi connectivity index (χ4v) is 3.56. The summed E-state index contributed by atoms with van der Waals surface area (Å²) < 4.78 is 2.13. The third-order valence-electron chi connectivity index (χ3n) is 4.02. The number of aromatic nitrogens is 2. The molecule has 0 radical (unpaired) electrons. The van der Waals surface area contributed by atoms with Crippen LogP contribution in [0.2, 0.25) is 0 Å². The Hall–Kier alpha value is -0.880. The maximum atomic E-state index is 12.1. The largest absolute Gasteiger partial charge is 0.365 e. The van der Waals surface area contributed by atoms with Crippen molar-refractivity contribution in [3.05, 3.63) is 21.0 Å². The molecule has 0 amide bonds. The maximum absolute atomic E-state index is 12.1. The molecule has 1 N–H and O–H groups in total. The van der Waals surface area contributed by atoms with E-state index in [1.54, 1.807) is 0 Å². The lowest BCUT2D eigenvalue weighted by Crippen LogP contribution is -2.36. The number of aryl methyl sites for hydroxylation is 1. The van der Waals surface area contributed by atoms with Crippen molar-refractivity contribution in [2.24, 2.45) is 5.92 Å². The van der Waals surface area contributed by atoms with Crippen LogP contribution in [0.15, 0.2) is 15.5 Å². The molecule has 0 aliphatic carbocycles. The van der Waals surface area contributed by atoms with Gasteiger partial charge in [0, 0.05) is 32.2 Å². The van der Waals surface area contributed by atoms with Crippen LogP contribution in [-0.4, -0.2) is 35.5 Å². The van der Waals surface area contributed by atoms with Crippen molar-refractivity contribution in [1.29, 1.82) is 0 Å². The van der Waals surface area contributed by atoms with Gasteiger partial charge in [-0.3, -0.25) is 4.79 Å². The molecule has 0 aromatic carbocycles. The topological polar surface area (TPSA) is 50.2 Å². The summed E-state index contributed by atoms with van der Waals surface area (Å²) >= 11 is 3.44. The Bertz CT molecular complexity index is 515. The van der Waals surface area contributed by atoms with Crippen LogP contribution in [0.4, 0.5) is 5.69 Å². The van der Waals surface area contributed by atoms with Crippen molar-refractivity contribution in [3.8, 4) is 0 Å². The van der Waals surface area contributed by atoms with Crippen LogP contribution in [0.3, 0.4) is 0 Å².